The predicted octanol–water partition coefficient (Wildman–Crippen LogP) is 3.79. The quantitative estimate of drug-likeness (QED) is 0.826. The molecule has 0 aliphatic heterocycles. The van der Waals surface area contributed by atoms with Gasteiger partial charge in [0, 0.05) is 24.1 Å². The lowest BCUT2D eigenvalue weighted by molar-refractivity contribution is -0.0975. The first kappa shape index (κ1) is 14.6. The van der Waals surface area contributed by atoms with Gasteiger partial charge in [-0.15, -0.1) is 0 Å². The second-order valence-corrected chi connectivity index (χ2v) is 6.41. The van der Waals surface area contributed by atoms with Crippen molar-refractivity contribution in [3.8, 4) is 0 Å². The molecule has 19 heavy (non-hydrogen) atoms. The van der Waals surface area contributed by atoms with Crippen molar-refractivity contribution < 1.29 is 9.13 Å². The van der Waals surface area contributed by atoms with Gasteiger partial charge >= 0.3 is 0 Å². The molecule has 2 unspecified atom stereocenters. The molecule has 0 spiro atoms. The first-order valence-corrected chi connectivity index (χ1v) is 7.28. The van der Waals surface area contributed by atoms with Gasteiger partial charge in [-0.1, -0.05) is 13.8 Å². The van der Waals surface area contributed by atoms with Gasteiger partial charge in [0.25, 0.3) is 0 Å². The minimum Gasteiger partial charge on any atom is -0.397 e. The fraction of sp³-hybridized carbons (Fsp3) is 0.571. The van der Waals surface area contributed by atoms with Crippen LogP contribution in [0.15, 0.2) is 16.6 Å². The normalized spacial score (nSPS) is 24.9. The number of halogens is 2. The van der Waals surface area contributed by atoms with Crippen LogP contribution in [0.4, 0.5) is 15.8 Å². The van der Waals surface area contributed by atoms with E-state index in [-0.39, 0.29) is 23.4 Å². The highest BCUT2D eigenvalue weighted by molar-refractivity contribution is 9.10. The van der Waals surface area contributed by atoms with Gasteiger partial charge in [-0.05, 0) is 35.3 Å². The fourth-order valence-corrected chi connectivity index (χ4v) is 2.85. The van der Waals surface area contributed by atoms with Crippen LogP contribution >= 0.6 is 15.9 Å². The maximum Gasteiger partial charge on any atom is 0.139 e. The van der Waals surface area contributed by atoms with Crippen molar-refractivity contribution in [3.63, 3.8) is 0 Å². The maximum absolute atomic E-state index is 13.6. The summed E-state index contributed by atoms with van der Waals surface area (Å²) in [5, 5.41) is 3.33. The van der Waals surface area contributed by atoms with E-state index < -0.39 is 0 Å². The van der Waals surface area contributed by atoms with Crippen molar-refractivity contribution in [2.24, 2.45) is 5.41 Å². The Morgan fingerprint density at radius 1 is 1.53 bits per heavy atom. The monoisotopic (exact) mass is 330 g/mol. The zero-order valence-electron chi connectivity index (χ0n) is 11.5. The third-order valence-corrected chi connectivity index (χ3v) is 4.58. The van der Waals surface area contributed by atoms with Crippen molar-refractivity contribution in [1.82, 2.24) is 0 Å². The lowest BCUT2D eigenvalue weighted by Crippen LogP contribution is -2.58. The minimum atomic E-state index is -0.310. The van der Waals surface area contributed by atoms with Gasteiger partial charge in [-0.25, -0.2) is 4.39 Å². The molecule has 0 aromatic heterocycles. The summed E-state index contributed by atoms with van der Waals surface area (Å²) < 4.78 is 19.6. The number of ether oxygens (including phenoxy) is 1. The fourth-order valence-electron chi connectivity index (χ4n) is 2.49. The smallest absolute Gasteiger partial charge is 0.139 e. The highest BCUT2D eigenvalue weighted by Crippen LogP contribution is 2.45. The average Bonchev–Trinajstić information content (AvgIpc) is 2.34. The summed E-state index contributed by atoms with van der Waals surface area (Å²) in [5.74, 6) is -0.310. The summed E-state index contributed by atoms with van der Waals surface area (Å²) >= 11 is 3.13. The second kappa shape index (κ2) is 5.29. The first-order valence-electron chi connectivity index (χ1n) is 6.49. The summed E-state index contributed by atoms with van der Waals surface area (Å²) in [7, 11) is 0. The Hall–Kier alpha value is -0.810. The molecule has 3 N–H and O–H groups in total. The number of benzene rings is 1. The molecule has 1 aromatic carbocycles. The van der Waals surface area contributed by atoms with E-state index in [4.69, 9.17) is 10.5 Å². The van der Waals surface area contributed by atoms with Gasteiger partial charge in [0.2, 0.25) is 0 Å². The number of nitrogens with two attached hydrogens (primary N) is 1. The number of hydrogen-bond acceptors (Lipinski definition) is 3. The summed E-state index contributed by atoms with van der Waals surface area (Å²) in [6.45, 7) is 7.02. The number of rotatable bonds is 4. The summed E-state index contributed by atoms with van der Waals surface area (Å²) in [4.78, 5) is 0. The zero-order chi connectivity index (χ0) is 14.2. The van der Waals surface area contributed by atoms with Gasteiger partial charge in [-0.3, -0.25) is 0 Å². The molecule has 3 nitrogen and oxygen atoms in total. The largest absolute Gasteiger partial charge is 0.397 e. The molecule has 106 valence electrons. The van der Waals surface area contributed by atoms with Crippen LogP contribution in [0.1, 0.15) is 27.2 Å². The standard InChI is InChI=1S/C14H20BrFN2O/c1-4-19-13-7-12(14(13,2)3)18-11-6-9(16)8(15)5-10(11)17/h5-6,12-13,18H,4,7,17H2,1-3H3. The molecular formula is C14H20BrFN2O. The summed E-state index contributed by atoms with van der Waals surface area (Å²) in [6.07, 6.45) is 1.16. The van der Waals surface area contributed by atoms with Crippen molar-refractivity contribution in [3.05, 3.63) is 22.4 Å². The molecule has 1 fully saturated rings. The van der Waals surface area contributed by atoms with Crippen LogP contribution in [0, 0.1) is 11.2 Å². The Balaban J connectivity index is 2.09. The Labute approximate surface area is 121 Å². The number of nitrogens with one attached hydrogen (secondary N) is 1. The molecule has 1 aromatic rings. The van der Waals surface area contributed by atoms with Crippen molar-refractivity contribution >= 4 is 27.3 Å². The minimum absolute atomic E-state index is 0.0198. The molecule has 0 amide bonds. The summed E-state index contributed by atoms with van der Waals surface area (Å²) in [6, 6.07) is 3.26. The van der Waals surface area contributed by atoms with E-state index in [0.29, 0.717) is 15.8 Å². The van der Waals surface area contributed by atoms with E-state index in [1.54, 1.807) is 6.07 Å². The molecule has 0 bridgehead atoms. The first-order chi connectivity index (χ1) is 8.86. The van der Waals surface area contributed by atoms with Crippen molar-refractivity contribution in [2.75, 3.05) is 17.7 Å². The van der Waals surface area contributed by atoms with E-state index in [0.717, 1.165) is 13.0 Å². The lowest BCUT2D eigenvalue weighted by Gasteiger charge is -2.52. The topological polar surface area (TPSA) is 47.3 Å². The maximum atomic E-state index is 13.6. The van der Waals surface area contributed by atoms with Crippen LogP contribution in [0.2, 0.25) is 0 Å². The highest BCUT2D eigenvalue weighted by Gasteiger charge is 2.49. The van der Waals surface area contributed by atoms with Crippen LogP contribution in [0.5, 0.6) is 0 Å². The van der Waals surface area contributed by atoms with E-state index in [1.165, 1.54) is 6.07 Å². The van der Waals surface area contributed by atoms with Crippen LogP contribution in [-0.4, -0.2) is 18.8 Å². The van der Waals surface area contributed by atoms with Crippen LogP contribution in [0.25, 0.3) is 0 Å². The van der Waals surface area contributed by atoms with Crippen LogP contribution in [-0.2, 0) is 4.74 Å². The molecular weight excluding hydrogens is 311 g/mol. The summed E-state index contributed by atoms with van der Waals surface area (Å²) in [5.41, 5.74) is 7.12. The van der Waals surface area contributed by atoms with Gasteiger partial charge in [0.15, 0.2) is 0 Å². The Kier molecular flexibility index (Phi) is 4.06. The van der Waals surface area contributed by atoms with Gasteiger partial charge < -0.3 is 15.8 Å². The molecule has 2 rings (SSSR count). The number of anilines is 2. The average molecular weight is 331 g/mol. The van der Waals surface area contributed by atoms with Gasteiger partial charge in [-0.2, -0.15) is 0 Å². The van der Waals surface area contributed by atoms with E-state index in [9.17, 15) is 4.39 Å². The molecule has 0 saturated heterocycles. The molecule has 1 saturated carbocycles. The predicted molar refractivity (Wildman–Crippen MR) is 79.7 cm³/mol. The highest BCUT2D eigenvalue weighted by atomic mass is 79.9. The van der Waals surface area contributed by atoms with E-state index in [1.807, 2.05) is 6.92 Å². The third-order valence-electron chi connectivity index (χ3n) is 3.97. The Morgan fingerprint density at radius 2 is 2.21 bits per heavy atom. The number of hydrogen-bond donors (Lipinski definition) is 2. The molecule has 0 heterocycles. The molecule has 1 aliphatic rings. The molecule has 1 aliphatic carbocycles. The molecule has 5 heteroatoms. The van der Waals surface area contributed by atoms with Crippen molar-refractivity contribution in [2.45, 2.75) is 39.3 Å². The molecule has 2 atom stereocenters. The van der Waals surface area contributed by atoms with E-state index >= 15 is 0 Å². The lowest BCUT2D eigenvalue weighted by atomic mass is 9.64. The Bertz CT molecular complexity index is 479. The zero-order valence-corrected chi connectivity index (χ0v) is 13.1. The van der Waals surface area contributed by atoms with Crippen LogP contribution in [0.3, 0.4) is 0 Å². The number of nitrogen functional groups attached to an aromatic ring is 1. The SMILES string of the molecule is CCOC1CC(Nc2cc(F)c(Br)cc2N)C1(C)C. The third kappa shape index (κ3) is 2.72. The van der Waals surface area contributed by atoms with Gasteiger partial charge in [0.1, 0.15) is 5.82 Å². The molecule has 0 radical (unpaired) electrons. The van der Waals surface area contributed by atoms with E-state index in [2.05, 4.69) is 35.1 Å². The second-order valence-electron chi connectivity index (χ2n) is 5.55. The Morgan fingerprint density at radius 3 is 2.79 bits per heavy atom. The van der Waals surface area contributed by atoms with Crippen LogP contribution < -0.4 is 11.1 Å². The van der Waals surface area contributed by atoms with Gasteiger partial charge in [0.05, 0.1) is 22.0 Å². The van der Waals surface area contributed by atoms with Crippen molar-refractivity contribution in [1.29, 1.82) is 0 Å².